The molecule has 1 amide bonds. The third kappa shape index (κ3) is 4.36. The molecule has 0 fully saturated rings. The molecule has 22 heavy (non-hydrogen) atoms. The predicted octanol–water partition coefficient (Wildman–Crippen LogP) is 4.66. The van der Waals surface area contributed by atoms with E-state index in [1.165, 1.54) is 0 Å². The quantitative estimate of drug-likeness (QED) is 0.834. The van der Waals surface area contributed by atoms with Crippen molar-refractivity contribution in [3.05, 3.63) is 52.3 Å². The van der Waals surface area contributed by atoms with Crippen LogP contribution in [0.4, 0.5) is 11.4 Å². The molecule has 1 aromatic heterocycles. The molecule has 116 valence electrons. The number of aromatic nitrogens is 1. The van der Waals surface area contributed by atoms with Gasteiger partial charge in [0.15, 0.2) is 0 Å². The largest absolute Gasteiger partial charge is 0.354 e. The lowest BCUT2D eigenvalue weighted by atomic mass is 10.2. The topological polar surface area (TPSA) is 54.0 Å². The molecule has 1 aromatic carbocycles. The highest BCUT2D eigenvalue weighted by Gasteiger charge is 2.11. The molecule has 6 heteroatoms. The fourth-order valence-corrected chi connectivity index (χ4v) is 2.23. The number of hydrogen-bond donors (Lipinski definition) is 2. The summed E-state index contributed by atoms with van der Waals surface area (Å²) in [5.41, 5.74) is 1.80. The molecule has 1 heterocycles. The van der Waals surface area contributed by atoms with Crippen LogP contribution >= 0.6 is 23.2 Å². The Morgan fingerprint density at radius 2 is 2.05 bits per heavy atom. The number of carbonyl (C=O) groups is 1. The first kappa shape index (κ1) is 16.6. The maximum absolute atomic E-state index is 12.1. The lowest BCUT2D eigenvalue weighted by Crippen LogP contribution is -2.32. The van der Waals surface area contributed by atoms with Gasteiger partial charge in [-0.25, -0.2) is 0 Å². The number of carbonyl (C=O) groups excluding carboxylic acids is 1. The van der Waals surface area contributed by atoms with E-state index in [1.807, 2.05) is 13.8 Å². The average Bonchev–Trinajstić information content (AvgIpc) is 2.50. The summed E-state index contributed by atoms with van der Waals surface area (Å²) in [7, 11) is 0. The minimum atomic E-state index is -0.194. The summed E-state index contributed by atoms with van der Waals surface area (Å²) in [6, 6.07) is 8.74. The monoisotopic (exact) mass is 337 g/mol. The SMILES string of the molecule is CCC(C)NC(=O)c1cc(Nc2ccc(Cl)cc2Cl)ccn1. The normalized spacial score (nSPS) is 11.8. The molecule has 0 radical (unpaired) electrons. The Kier molecular flexibility index (Phi) is 5.63. The van der Waals surface area contributed by atoms with Crippen molar-refractivity contribution in [1.82, 2.24) is 10.3 Å². The Balaban J connectivity index is 2.16. The van der Waals surface area contributed by atoms with Crippen LogP contribution < -0.4 is 10.6 Å². The van der Waals surface area contributed by atoms with E-state index in [1.54, 1.807) is 36.5 Å². The van der Waals surface area contributed by atoms with Crippen LogP contribution in [0.25, 0.3) is 0 Å². The first-order valence-corrected chi connectivity index (χ1v) is 7.74. The summed E-state index contributed by atoms with van der Waals surface area (Å²) >= 11 is 12.0. The summed E-state index contributed by atoms with van der Waals surface area (Å²) in [6.07, 6.45) is 2.45. The Hall–Kier alpha value is -1.78. The molecule has 0 spiro atoms. The molecule has 2 N–H and O–H groups in total. The van der Waals surface area contributed by atoms with Crippen LogP contribution in [0, 0.1) is 0 Å². The van der Waals surface area contributed by atoms with Gasteiger partial charge in [-0.1, -0.05) is 30.1 Å². The number of rotatable bonds is 5. The van der Waals surface area contributed by atoms with Crippen LogP contribution in [0.1, 0.15) is 30.8 Å². The van der Waals surface area contributed by atoms with E-state index in [-0.39, 0.29) is 11.9 Å². The van der Waals surface area contributed by atoms with Gasteiger partial charge in [0, 0.05) is 22.9 Å². The Morgan fingerprint density at radius 3 is 2.73 bits per heavy atom. The number of benzene rings is 1. The number of nitrogens with zero attached hydrogens (tertiary/aromatic N) is 1. The van der Waals surface area contributed by atoms with Crippen LogP contribution in [0.3, 0.4) is 0 Å². The molecule has 0 aliphatic rings. The molecule has 0 aliphatic heterocycles. The molecule has 1 unspecified atom stereocenters. The number of hydrogen-bond acceptors (Lipinski definition) is 3. The fraction of sp³-hybridized carbons (Fsp3) is 0.250. The molecule has 0 aliphatic carbocycles. The van der Waals surface area contributed by atoms with Gasteiger partial charge in [0.05, 0.1) is 10.7 Å². The summed E-state index contributed by atoms with van der Waals surface area (Å²) in [4.78, 5) is 16.2. The van der Waals surface area contributed by atoms with Crippen molar-refractivity contribution in [3.8, 4) is 0 Å². The van der Waals surface area contributed by atoms with Gasteiger partial charge in [0.25, 0.3) is 5.91 Å². The van der Waals surface area contributed by atoms with Gasteiger partial charge < -0.3 is 10.6 Å². The van der Waals surface area contributed by atoms with Crippen molar-refractivity contribution in [3.63, 3.8) is 0 Å². The zero-order valence-corrected chi connectivity index (χ0v) is 13.9. The van der Waals surface area contributed by atoms with E-state index >= 15 is 0 Å². The van der Waals surface area contributed by atoms with E-state index in [0.717, 1.165) is 12.1 Å². The second kappa shape index (κ2) is 7.47. The molecule has 2 aromatic rings. The van der Waals surface area contributed by atoms with Gasteiger partial charge in [-0.3, -0.25) is 9.78 Å². The number of anilines is 2. The summed E-state index contributed by atoms with van der Waals surface area (Å²) < 4.78 is 0. The van der Waals surface area contributed by atoms with Crippen molar-refractivity contribution in [1.29, 1.82) is 0 Å². The van der Waals surface area contributed by atoms with E-state index in [9.17, 15) is 4.79 Å². The Labute approximate surface area is 139 Å². The molecule has 4 nitrogen and oxygen atoms in total. The Morgan fingerprint density at radius 1 is 1.27 bits per heavy atom. The summed E-state index contributed by atoms with van der Waals surface area (Å²) in [5.74, 6) is -0.194. The second-order valence-electron chi connectivity index (χ2n) is 4.96. The van der Waals surface area contributed by atoms with Crippen molar-refractivity contribution in [2.24, 2.45) is 0 Å². The zero-order valence-electron chi connectivity index (χ0n) is 12.4. The summed E-state index contributed by atoms with van der Waals surface area (Å²) in [5, 5.41) is 7.11. The van der Waals surface area contributed by atoms with E-state index in [2.05, 4.69) is 15.6 Å². The van der Waals surface area contributed by atoms with E-state index in [4.69, 9.17) is 23.2 Å². The van der Waals surface area contributed by atoms with Crippen molar-refractivity contribution in [2.75, 3.05) is 5.32 Å². The third-order valence-electron chi connectivity index (χ3n) is 3.19. The van der Waals surface area contributed by atoms with Gasteiger partial charge in [-0.2, -0.15) is 0 Å². The van der Waals surface area contributed by atoms with Gasteiger partial charge in [0.1, 0.15) is 5.69 Å². The minimum absolute atomic E-state index is 0.108. The summed E-state index contributed by atoms with van der Waals surface area (Å²) in [6.45, 7) is 3.96. The number of pyridine rings is 1. The third-order valence-corrected chi connectivity index (χ3v) is 3.74. The van der Waals surface area contributed by atoms with Crippen LogP contribution in [0.2, 0.25) is 10.0 Å². The van der Waals surface area contributed by atoms with Gasteiger partial charge in [-0.05, 0) is 43.7 Å². The van der Waals surface area contributed by atoms with E-state index in [0.29, 0.717) is 21.4 Å². The first-order chi connectivity index (χ1) is 10.5. The van der Waals surface area contributed by atoms with Crippen LogP contribution in [0.5, 0.6) is 0 Å². The van der Waals surface area contributed by atoms with Gasteiger partial charge in [-0.15, -0.1) is 0 Å². The zero-order chi connectivity index (χ0) is 16.1. The minimum Gasteiger partial charge on any atom is -0.354 e. The Bertz CT molecular complexity index is 676. The highest BCUT2D eigenvalue weighted by molar-refractivity contribution is 6.36. The molecule has 1 atom stereocenters. The van der Waals surface area contributed by atoms with Crippen molar-refractivity contribution >= 4 is 40.5 Å². The number of halogens is 2. The molecule has 0 saturated carbocycles. The lowest BCUT2D eigenvalue weighted by Gasteiger charge is -2.12. The maximum atomic E-state index is 12.1. The van der Waals surface area contributed by atoms with Crippen LogP contribution in [0.15, 0.2) is 36.5 Å². The smallest absolute Gasteiger partial charge is 0.270 e. The van der Waals surface area contributed by atoms with Crippen LogP contribution in [-0.2, 0) is 0 Å². The molecule has 0 saturated heterocycles. The predicted molar refractivity (Wildman–Crippen MR) is 91.2 cm³/mol. The first-order valence-electron chi connectivity index (χ1n) is 6.98. The maximum Gasteiger partial charge on any atom is 0.270 e. The van der Waals surface area contributed by atoms with Crippen molar-refractivity contribution in [2.45, 2.75) is 26.3 Å². The molecular weight excluding hydrogens is 321 g/mol. The molecule has 2 rings (SSSR count). The van der Waals surface area contributed by atoms with Gasteiger partial charge in [0.2, 0.25) is 0 Å². The fourth-order valence-electron chi connectivity index (χ4n) is 1.78. The highest BCUT2D eigenvalue weighted by atomic mass is 35.5. The highest BCUT2D eigenvalue weighted by Crippen LogP contribution is 2.28. The van der Waals surface area contributed by atoms with E-state index < -0.39 is 0 Å². The van der Waals surface area contributed by atoms with Crippen LogP contribution in [-0.4, -0.2) is 16.9 Å². The van der Waals surface area contributed by atoms with Crippen molar-refractivity contribution < 1.29 is 4.79 Å². The molecule has 0 bridgehead atoms. The average molecular weight is 338 g/mol. The lowest BCUT2D eigenvalue weighted by molar-refractivity contribution is 0.0934. The number of amides is 1. The second-order valence-corrected chi connectivity index (χ2v) is 5.81. The number of nitrogens with one attached hydrogen (secondary N) is 2. The van der Waals surface area contributed by atoms with Gasteiger partial charge >= 0.3 is 0 Å². The standard InChI is InChI=1S/C16H17Cl2N3O/c1-3-10(2)20-16(22)15-9-12(6-7-19-15)21-14-5-4-11(17)8-13(14)18/h4-10H,3H2,1-2H3,(H,19,21)(H,20,22). The molecular formula is C16H17Cl2N3O.